The molecule has 0 saturated carbocycles. The molecular weight excluding hydrogens is 353 g/mol. The summed E-state index contributed by atoms with van der Waals surface area (Å²) in [6, 6.07) is 9.51. The van der Waals surface area contributed by atoms with Crippen LogP contribution >= 0.6 is 31.8 Å². The van der Waals surface area contributed by atoms with E-state index in [9.17, 15) is 4.79 Å². The van der Waals surface area contributed by atoms with Crippen LogP contribution in [0, 0.1) is 13.8 Å². The van der Waals surface area contributed by atoms with Gasteiger partial charge in [-0.05, 0) is 62.0 Å². The van der Waals surface area contributed by atoms with Crippen LogP contribution in [0.2, 0.25) is 10.0 Å². The molecule has 0 aliphatic carbocycles. The Morgan fingerprint density at radius 2 is 1.46 bits per heavy atom. The third kappa shape index (κ3) is 4.88. The molecule has 1 unspecified atom stereocenters. The second-order valence-corrected chi connectivity index (χ2v) is 8.80. The molecule has 0 aliphatic rings. The standard InChI is InChI=1S/C19H21Cl2OP.Li.H/c1-11-9-13(19(3,4)5)10-12(2)17(11)23-18(22)16-14(20)7-6-8-15(16)21;;/h6-10,23H,1-5H3;;. The van der Waals surface area contributed by atoms with Gasteiger partial charge in [-0.25, -0.2) is 0 Å². The molecule has 0 heterocycles. The average Bonchev–Trinajstić information content (AvgIpc) is 2.41. The van der Waals surface area contributed by atoms with Crippen LogP contribution in [0.5, 0.6) is 0 Å². The topological polar surface area (TPSA) is 17.1 Å². The van der Waals surface area contributed by atoms with Gasteiger partial charge in [0.2, 0.25) is 0 Å². The number of aryl methyl sites for hydroxylation is 2. The third-order valence-corrected chi connectivity index (χ3v) is 5.97. The van der Waals surface area contributed by atoms with Crippen LogP contribution < -0.4 is 5.30 Å². The van der Waals surface area contributed by atoms with Crippen LogP contribution in [0.1, 0.15) is 47.8 Å². The van der Waals surface area contributed by atoms with E-state index in [0.717, 1.165) is 16.4 Å². The van der Waals surface area contributed by atoms with E-state index in [1.165, 1.54) is 5.56 Å². The maximum atomic E-state index is 12.7. The Bertz CT molecular complexity index is 723. The molecule has 2 rings (SSSR count). The number of carbonyl (C=O) groups is 1. The first-order valence-electron chi connectivity index (χ1n) is 7.48. The van der Waals surface area contributed by atoms with Gasteiger partial charge in [0.25, 0.3) is 0 Å². The predicted octanol–water partition coefficient (Wildman–Crippen LogP) is 5.40. The first kappa shape index (κ1) is 21.8. The van der Waals surface area contributed by atoms with Crippen molar-refractivity contribution in [2.45, 2.75) is 40.0 Å². The molecule has 0 bridgehead atoms. The molecule has 24 heavy (non-hydrogen) atoms. The normalized spacial score (nSPS) is 11.6. The molecule has 0 radical (unpaired) electrons. The van der Waals surface area contributed by atoms with Crippen molar-refractivity contribution in [2.24, 2.45) is 0 Å². The fraction of sp³-hybridized carbons (Fsp3) is 0.316. The van der Waals surface area contributed by atoms with Gasteiger partial charge in [0.1, 0.15) is 0 Å². The van der Waals surface area contributed by atoms with Crippen molar-refractivity contribution in [1.29, 1.82) is 0 Å². The number of benzene rings is 2. The summed E-state index contributed by atoms with van der Waals surface area (Å²) in [6.07, 6.45) is 0. The van der Waals surface area contributed by atoms with Crippen molar-refractivity contribution < 1.29 is 4.79 Å². The van der Waals surface area contributed by atoms with Gasteiger partial charge in [0.05, 0.1) is 15.6 Å². The Morgan fingerprint density at radius 3 is 1.88 bits per heavy atom. The number of halogens is 2. The molecule has 0 aromatic heterocycles. The molecule has 124 valence electrons. The van der Waals surface area contributed by atoms with Crippen molar-refractivity contribution in [3.63, 3.8) is 0 Å². The molecule has 2 aromatic carbocycles. The SMILES string of the molecule is Cc1cc(C(C)(C)C)cc(C)c1PC(=O)c1c(Cl)cccc1Cl.[LiH]. The molecule has 0 aliphatic heterocycles. The number of hydrogen-bond acceptors (Lipinski definition) is 1. The van der Waals surface area contributed by atoms with E-state index >= 15 is 0 Å². The van der Waals surface area contributed by atoms with E-state index in [1.54, 1.807) is 18.2 Å². The van der Waals surface area contributed by atoms with Crippen LogP contribution in [0.15, 0.2) is 30.3 Å². The molecule has 0 N–H and O–H groups in total. The van der Waals surface area contributed by atoms with E-state index in [2.05, 4.69) is 46.8 Å². The van der Waals surface area contributed by atoms with Crippen molar-refractivity contribution in [3.05, 3.63) is 62.6 Å². The van der Waals surface area contributed by atoms with Crippen molar-refractivity contribution in [1.82, 2.24) is 0 Å². The second-order valence-electron chi connectivity index (χ2n) is 6.79. The monoisotopic (exact) mass is 374 g/mol. The van der Waals surface area contributed by atoms with Gasteiger partial charge in [-0.3, -0.25) is 4.79 Å². The molecule has 5 heteroatoms. The number of carbonyl (C=O) groups excluding carboxylic acids is 1. The molecule has 0 amide bonds. The third-order valence-electron chi connectivity index (χ3n) is 3.83. The Kier molecular flexibility index (Phi) is 7.61. The Balaban J connectivity index is 0.00000288. The summed E-state index contributed by atoms with van der Waals surface area (Å²) in [4.78, 5) is 12.7. The van der Waals surface area contributed by atoms with Crippen LogP contribution in [0.3, 0.4) is 0 Å². The van der Waals surface area contributed by atoms with Gasteiger partial charge in [-0.2, -0.15) is 0 Å². The van der Waals surface area contributed by atoms with Crippen molar-refractivity contribution >= 4 is 61.5 Å². The molecule has 0 fully saturated rings. The van der Waals surface area contributed by atoms with E-state index in [4.69, 9.17) is 23.2 Å². The Morgan fingerprint density at radius 1 is 1.00 bits per heavy atom. The Hall–Kier alpha value is -0.283. The zero-order chi connectivity index (χ0) is 17.4. The number of rotatable bonds is 3. The van der Waals surface area contributed by atoms with Crippen LogP contribution in [0.4, 0.5) is 0 Å². The molecule has 0 saturated heterocycles. The summed E-state index contributed by atoms with van der Waals surface area (Å²) < 4.78 is 0. The zero-order valence-electron chi connectivity index (χ0n) is 14.1. The van der Waals surface area contributed by atoms with E-state index in [1.807, 2.05) is 0 Å². The minimum atomic E-state index is -0.0182. The quantitative estimate of drug-likeness (QED) is 0.518. The molecule has 2 aromatic rings. The molecule has 1 atom stereocenters. The van der Waals surface area contributed by atoms with Crippen molar-refractivity contribution in [3.8, 4) is 0 Å². The molecule has 0 spiro atoms. The zero-order valence-corrected chi connectivity index (χ0v) is 16.6. The predicted molar refractivity (Wildman–Crippen MR) is 111 cm³/mol. The minimum absolute atomic E-state index is 0. The first-order chi connectivity index (χ1) is 10.6. The summed E-state index contributed by atoms with van der Waals surface area (Å²) >= 11 is 12.3. The summed E-state index contributed by atoms with van der Waals surface area (Å²) in [5.74, 6) is 0. The van der Waals surface area contributed by atoms with Crippen LogP contribution in [-0.2, 0) is 5.41 Å². The molecular formula is C19H22Cl2LiOP. The average molecular weight is 375 g/mol. The van der Waals surface area contributed by atoms with Gasteiger partial charge >= 0.3 is 18.9 Å². The van der Waals surface area contributed by atoms with Crippen molar-refractivity contribution in [2.75, 3.05) is 0 Å². The fourth-order valence-corrected chi connectivity index (χ4v) is 4.37. The first-order valence-corrected chi connectivity index (χ1v) is 9.24. The van der Waals surface area contributed by atoms with Crippen LogP contribution in [0.25, 0.3) is 0 Å². The van der Waals surface area contributed by atoms with E-state index in [0.29, 0.717) is 15.6 Å². The van der Waals surface area contributed by atoms with Crippen LogP contribution in [-0.4, -0.2) is 24.4 Å². The fourth-order valence-electron chi connectivity index (χ4n) is 2.48. The van der Waals surface area contributed by atoms with E-state index in [-0.39, 0.29) is 38.4 Å². The van der Waals surface area contributed by atoms with Gasteiger partial charge in [-0.1, -0.05) is 62.2 Å². The second kappa shape index (κ2) is 8.40. The summed E-state index contributed by atoms with van der Waals surface area (Å²) in [6.45, 7) is 10.7. The molecule has 1 nitrogen and oxygen atoms in total. The van der Waals surface area contributed by atoms with Gasteiger partial charge in [0, 0.05) is 0 Å². The van der Waals surface area contributed by atoms with Gasteiger partial charge < -0.3 is 0 Å². The summed E-state index contributed by atoms with van der Waals surface area (Å²) in [5, 5.41) is 1.91. The Labute approximate surface area is 168 Å². The number of hydrogen-bond donors (Lipinski definition) is 0. The summed E-state index contributed by atoms with van der Waals surface area (Å²) in [5.41, 5.74) is 4.06. The summed E-state index contributed by atoms with van der Waals surface area (Å²) in [7, 11) is 0.0181. The van der Waals surface area contributed by atoms with Gasteiger partial charge in [-0.15, -0.1) is 0 Å². The maximum absolute atomic E-state index is 12.7. The van der Waals surface area contributed by atoms with E-state index < -0.39 is 0 Å². The van der Waals surface area contributed by atoms with Gasteiger partial charge in [0.15, 0.2) is 5.52 Å².